The maximum absolute atomic E-state index is 12.3. The average molecular weight is 301 g/mol. The third-order valence-electron chi connectivity index (χ3n) is 3.65. The molecule has 2 aromatic heterocycles. The largest absolute Gasteiger partial charge is 0.360 e. The molecular weight excluding hydrogens is 282 g/mol. The van der Waals surface area contributed by atoms with Crippen molar-refractivity contribution in [1.29, 1.82) is 0 Å². The van der Waals surface area contributed by atoms with Crippen LogP contribution in [0.3, 0.4) is 0 Å². The zero-order valence-corrected chi connectivity index (χ0v) is 12.7. The molecule has 3 rings (SSSR count). The first-order chi connectivity index (χ1) is 10.6. The molecule has 0 spiro atoms. The maximum atomic E-state index is 12.3. The highest BCUT2D eigenvalue weighted by Crippen LogP contribution is 2.18. The van der Waals surface area contributed by atoms with Crippen LogP contribution in [0.2, 0.25) is 0 Å². The van der Waals surface area contributed by atoms with Gasteiger partial charge >= 0.3 is 0 Å². The number of carbonyl (C=O) groups is 1. The molecule has 0 aromatic carbocycles. The molecule has 0 aliphatic heterocycles. The first-order valence-electron chi connectivity index (χ1n) is 7.47. The average Bonchev–Trinajstić information content (AvgIpc) is 3.10. The highest BCUT2D eigenvalue weighted by atomic mass is 16.5. The van der Waals surface area contributed by atoms with Crippen LogP contribution < -0.4 is 10.6 Å². The van der Waals surface area contributed by atoms with Gasteiger partial charge in [0.15, 0.2) is 5.82 Å². The lowest BCUT2D eigenvalue weighted by Crippen LogP contribution is -2.33. The van der Waals surface area contributed by atoms with Gasteiger partial charge < -0.3 is 15.2 Å². The van der Waals surface area contributed by atoms with E-state index in [2.05, 4.69) is 25.8 Å². The van der Waals surface area contributed by atoms with Crippen LogP contribution in [-0.4, -0.2) is 27.1 Å². The van der Waals surface area contributed by atoms with E-state index >= 15 is 0 Å². The second kappa shape index (κ2) is 6.13. The van der Waals surface area contributed by atoms with Crippen molar-refractivity contribution < 1.29 is 9.32 Å². The quantitative estimate of drug-likeness (QED) is 0.901. The molecule has 0 saturated heterocycles. The molecule has 116 valence electrons. The fourth-order valence-electron chi connectivity index (χ4n) is 2.61. The van der Waals surface area contributed by atoms with E-state index in [9.17, 15) is 4.79 Å². The van der Waals surface area contributed by atoms with Gasteiger partial charge in [0.2, 0.25) is 5.95 Å². The molecule has 2 N–H and O–H groups in total. The van der Waals surface area contributed by atoms with Gasteiger partial charge in [-0.2, -0.15) is 0 Å². The van der Waals surface area contributed by atoms with Crippen molar-refractivity contribution in [2.75, 3.05) is 5.32 Å². The summed E-state index contributed by atoms with van der Waals surface area (Å²) in [4.78, 5) is 20.8. The van der Waals surface area contributed by atoms with Crippen LogP contribution in [0.25, 0.3) is 0 Å². The topological polar surface area (TPSA) is 92.9 Å². The third kappa shape index (κ3) is 3.41. The predicted octanol–water partition coefficient (Wildman–Crippen LogP) is 2.50. The minimum atomic E-state index is -0.156. The van der Waals surface area contributed by atoms with Crippen molar-refractivity contribution in [2.45, 2.75) is 45.6 Å². The Hall–Kier alpha value is -2.44. The summed E-state index contributed by atoms with van der Waals surface area (Å²) in [6.07, 6.45) is 4.43. The van der Waals surface area contributed by atoms with Gasteiger partial charge in [-0.25, -0.2) is 9.97 Å². The van der Waals surface area contributed by atoms with E-state index in [-0.39, 0.29) is 11.9 Å². The van der Waals surface area contributed by atoms with Gasteiger partial charge in [-0.15, -0.1) is 0 Å². The highest BCUT2D eigenvalue weighted by Gasteiger charge is 2.19. The predicted molar refractivity (Wildman–Crippen MR) is 81.0 cm³/mol. The van der Waals surface area contributed by atoms with Crippen molar-refractivity contribution in [3.05, 3.63) is 29.3 Å². The third-order valence-corrected chi connectivity index (χ3v) is 3.65. The molecule has 7 nitrogen and oxygen atoms in total. The Balaban J connectivity index is 1.75. The smallest absolute Gasteiger partial charge is 0.270 e. The van der Waals surface area contributed by atoms with Crippen molar-refractivity contribution in [3.8, 4) is 0 Å². The summed E-state index contributed by atoms with van der Waals surface area (Å²) in [7, 11) is 0. The van der Waals surface area contributed by atoms with Crippen LogP contribution in [0.1, 0.15) is 47.6 Å². The molecule has 1 aliphatic carbocycles. The van der Waals surface area contributed by atoms with Gasteiger partial charge in [-0.1, -0.05) is 18.0 Å². The Morgan fingerprint density at radius 1 is 1.23 bits per heavy atom. The molecule has 0 radical (unpaired) electrons. The molecule has 7 heteroatoms. The van der Waals surface area contributed by atoms with E-state index in [0.717, 1.165) is 12.8 Å². The zero-order chi connectivity index (χ0) is 15.5. The molecule has 0 atom stereocenters. The highest BCUT2D eigenvalue weighted by molar-refractivity contribution is 5.92. The summed E-state index contributed by atoms with van der Waals surface area (Å²) >= 11 is 0. The summed E-state index contributed by atoms with van der Waals surface area (Å²) < 4.78 is 4.99. The molecule has 1 aliphatic rings. The number of nitrogens with zero attached hydrogens (tertiary/aromatic N) is 3. The van der Waals surface area contributed by atoms with E-state index in [0.29, 0.717) is 28.9 Å². The monoisotopic (exact) mass is 301 g/mol. The van der Waals surface area contributed by atoms with Gasteiger partial charge in [0.05, 0.1) is 0 Å². The van der Waals surface area contributed by atoms with Gasteiger partial charge in [-0.05, 0) is 32.8 Å². The standard InChI is InChI=1S/C15H19N5O2/c1-9-7-12(14(21)17-11-5-3-4-6-11)18-15(16-9)19-13-8-10(2)22-20-13/h7-8,11H,3-6H2,1-2H3,(H,17,21)(H,16,18,19,20). The Labute approximate surface area is 128 Å². The van der Waals surface area contributed by atoms with E-state index < -0.39 is 0 Å². The summed E-state index contributed by atoms with van der Waals surface area (Å²) in [6, 6.07) is 3.69. The van der Waals surface area contributed by atoms with Gasteiger partial charge in [-0.3, -0.25) is 4.79 Å². The van der Waals surface area contributed by atoms with E-state index in [1.54, 1.807) is 19.1 Å². The Bertz CT molecular complexity index is 676. The lowest BCUT2D eigenvalue weighted by atomic mass is 10.2. The fourth-order valence-corrected chi connectivity index (χ4v) is 2.61. The lowest BCUT2D eigenvalue weighted by molar-refractivity contribution is 0.0932. The molecule has 0 bridgehead atoms. The van der Waals surface area contributed by atoms with Crippen LogP contribution in [-0.2, 0) is 0 Å². The molecule has 1 amide bonds. The van der Waals surface area contributed by atoms with Crippen LogP contribution in [0.5, 0.6) is 0 Å². The van der Waals surface area contributed by atoms with Crippen molar-refractivity contribution in [1.82, 2.24) is 20.4 Å². The number of hydrogen-bond acceptors (Lipinski definition) is 6. The Kier molecular flexibility index (Phi) is 4.04. The molecule has 2 heterocycles. The molecule has 22 heavy (non-hydrogen) atoms. The second-order valence-electron chi connectivity index (χ2n) is 5.62. The summed E-state index contributed by atoms with van der Waals surface area (Å²) in [6.45, 7) is 3.63. The molecular formula is C15H19N5O2. The summed E-state index contributed by atoms with van der Waals surface area (Å²) in [5.74, 6) is 1.39. The number of rotatable bonds is 4. The fraction of sp³-hybridized carbons (Fsp3) is 0.467. The van der Waals surface area contributed by atoms with Crippen LogP contribution in [0.4, 0.5) is 11.8 Å². The number of carbonyl (C=O) groups excluding carboxylic acids is 1. The zero-order valence-electron chi connectivity index (χ0n) is 12.7. The van der Waals surface area contributed by atoms with E-state index in [4.69, 9.17) is 4.52 Å². The van der Waals surface area contributed by atoms with Crippen LogP contribution in [0.15, 0.2) is 16.7 Å². The minimum absolute atomic E-state index is 0.156. The first kappa shape index (κ1) is 14.5. The van der Waals surface area contributed by atoms with E-state index in [1.807, 2.05) is 6.92 Å². The number of nitrogens with one attached hydrogen (secondary N) is 2. The summed E-state index contributed by atoms with van der Waals surface area (Å²) in [5, 5.41) is 9.81. The normalized spacial score (nSPS) is 15.0. The Morgan fingerprint density at radius 3 is 2.68 bits per heavy atom. The van der Waals surface area contributed by atoms with Crippen molar-refractivity contribution in [3.63, 3.8) is 0 Å². The maximum Gasteiger partial charge on any atom is 0.270 e. The second-order valence-corrected chi connectivity index (χ2v) is 5.62. The van der Waals surface area contributed by atoms with Gasteiger partial charge in [0.25, 0.3) is 5.91 Å². The lowest BCUT2D eigenvalue weighted by Gasteiger charge is -2.12. The van der Waals surface area contributed by atoms with Gasteiger partial charge in [0.1, 0.15) is 11.5 Å². The Morgan fingerprint density at radius 2 is 2.00 bits per heavy atom. The molecule has 2 aromatic rings. The number of anilines is 2. The van der Waals surface area contributed by atoms with Crippen LogP contribution in [0, 0.1) is 13.8 Å². The number of aryl methyl sites for hydroxylation is 2. The minimum Gasteiger partial charge on any atom is -0.360 e. The van der Waals surface area contributed by atoms with Crippen molar-refractivity contribution in [2.24, 2.45) is 0 Å². The SMILES string of the molecule is Cc1cc(C(=O)NC2CCCC2)nc(Nc2cc(C)on2)n1. The van der Waals surface area contributed by atoms with E-state index in [1.165, 1.54) is 12.8 Å². The summed E-state index contributed by atoms with van der Waals surface area (Å²) in [5.41, 5.74) is 1.08. The first-order valence-corrected chi connectivity index (χ1v) is 7.47. The van der Waals surface area contributed by atoms with Crippen LogP contribution >= 0.6 is 0 Å². The van der Waals surface area contributed by atoms with Crippen molar-refractivity contribution >= 4 is 17.7 Å². The number of hydrogen-bond donors (Lipinski definition) is 2. The molecule has 0 unspecified atom stereocenters. The van der Waals surface area contributed by atoms with Gasteiger partial charge in [0, 0.05) is 17.8 Å². The molecule has 1 fully saturated rings. The number of amides is 1. The number of aromatic nitrogens is 3. The molecule has 1 saturated carbocycles.